The standard InChI is InChI=1S/C12H15N3O4/c1-7-5-11(17)15(12(7)18)4-3-10(16)13-9-6-8(2)19-14-9/h6-7H,3-5H2,1-2H3,(H,13,14,16)/t7-/m1/s1. The third kappa shape index (κ3) is 2.98. The van der Waals surface area contributed by atoms with Crippen LogP contribution in [0.2, 0.25) is 0 Å². The van der Waals surface area contributed by atoms with Crippen molar-refractivity contribution in [1.29, 1.82) is 0 Å². The molecule has 1 aromatic heterocycles. The number of aromatic nitrogens is 1. The Bertz CT molecular complexity index is 523. The van der Waals surface area contributed by atoms with Crippen LogP contribution >= 0.6 is 0 Å². The number of aryl methyl sites for hydroxylation is 1. The van der Waals surface area contributed by atoms with Crippen molar-refractivity contribution in [2.45, 2.75) is 26.7 Å². The van der Waals surface area contributed by atoms with Gasteiger partial charge in [-0.1, -0.05) is 12.1 Å². The first kappa shape index (κ1) is 13.3. The molecule has 1 N–H and O–H groups in total. The highest BCUT2D eigenvalue weighted by molar-refractivity contribution is 6.03. The van der Waals surface area contributed by atoms with Crippen LogP contribution in [0.4, 0.5) is 5.82 Å². The Hall–Kier alpha value is -2.18. The van der Waals surface area contributed by atoms with Crippen LogP contribution in [0.5, 0.6) is 0 Å². The van der Waals surface area contributed by atoms with Gasteiger partial charge in [0.1, 0.15) is 5.76 Å². The van der Waals surface area contributed by atoms with E-state index >= 15 is 0 Å². The number of likely N-dealkylation sites (tertiary alicyclic amines) is 1. The average molecular weight is 265 g/mol. The molecule has 1 aliphatic heterocycles. The van der Waals surface area contributed by atoms with Gasteiger partial charge in [-0.05, 0) is 6.92 Å². The number of carbonyl (C=O) groups excluding carboxylic acids is 3. The molecular formula is C12H15N3O4. The number of imide groups is 1. The number of nitrogens with one attached hydrogen (secondary N) is 1. The number of anilines is 1. The molecule has 1 aliphatic rings. The molecule has 0 aliphatic carbocycles. The topological polar surface area (TPSA) is 92.5 Å². The van der Waals surface area contributed by atoms with Gasteiger partial charge in [0.15, 0.2) is 5.82 Å². The lowest BCUT2D eigenvalue weighted by atomic mass is 10.1. The lowest BCUT2D eigenvalue weighted by Gasteiger charge is -2.13. The lowest BCUT2D eigenvalue weighted by molar-refractivity contribution is -0.139. The number of nitrogens with zero attached hydrogens (tertiary/aromatic N) is 2. The minimum Gasteiger partial charge on any atom is -0.360 e. The van der Waals surface area contributed by atoms with E-state index in [0.29, 0.717) is 11.6 Å². The lowest BCUT2D eigenvalue weighted by Crippen LogP contribution is -2.33. The van der Waals surface area contributed by atoms with Gasteiger partial charge >= 0.3 is 0 Å². The average Bonchev–Trinajstić information content (AvgIpc) is 2.83. The van der Waals surface area contributed by atoms with Crippen LogP contribution in [0, 0.1) is 12.8 Å². The van der Waals surface area contributed by atoms with Gasteiger partial charge in [-0.15, -0.1) is 0 Å². The zero-order valence-corrected chi connectivity index (χ0v) is 10.8. The summed E-state index contributed by atoms with van der Waals surface area (Å²) in [4.78, 5) is 35.9. The molecular weight excluding hydrogens is 250 g/mol. The van der Waals surface area contributed by atoms with Gasteiger partial charge in [0, 0.05) is 31.4 Å². The molecule has 0 aromatic carbocycles. The Morgan fingerprint density at radius 2 is 2.32 bits per heavy atom. The normalized spacial score (nSPS) is 19.1. The third-order valence-corrected chi connectivity index (χ3v) is 2.93. The molecule has 0 saturated carbocycles. The molecule has 7 heteroatoms. The Morgan fingerprint density at radius 3 is 2.84 bits per heavy atom. The van der Waals surface area contributed by atoms with E-state index in [0.717, 1.165) is 4.90 Å². The molecule has 7 nitrogen and oxygen atoms in total. The van der Waals surface area contributed by atoms with E-state index in [2.05, 4.69) is 10.5 Å². The maximum atomic E-state index is 11.6. The van der Waals surface area contributed by atoms with Crippen LogP contribution in [0.15, 0.2) is 10.6 Å². The van der Waals surface area contributed by atoms with Gasteiger partial charge in [0.05, 0.1) is 0 Å². The molecule has 1 fully saturated rings. The first-order valence-electron chi connectivity index (χ1n) is 6.04. The summed E-state index contributed by atoms with van der Waals surface area (Å²) in [6, 6.07) is 1.59. The van der Waals surface area contributed by atoms with Crippen molar-refractivity contribution >= 4 is 23.5 Å². The van der Waals surface area contributed by atoms with Crippen LogP contribution < -0.4 is 5.32 Å². The summed E-state index contributed by atoms with van der Waals surface area (Å²) >= 11 is 0. The van der Waals surface area contributed by atoms with E-state index in [9.17, 15) is 14.4 Å². The van der Waals surface area contributed by atoms with Crippen molar-refractivity contribution in [1.82, 2.24) is 10.1 Å². The summed E-state index contributed by atoms with van der Waals surface area (Å²) in [5, 5.41) is 6.16. The van der Waals surface area contributed by atoms with Crippen molar-refractivity contribution in [3.8, 4) is 0 Å². The van der Waals surface area contributed by atoms with Crippen LogP contribution in [0.1, 0.15) is 25.5 Å². The van der Waals surface area contributed by atoms with E-state index in [1.807, 2.05) is 0 Å². The van der Waals surface area contributed by atoms with Crippen molar-refractivity contribution in [3.63, 3.8) is 0 Å². The number of hydrogen-bond donors (Lipinski definition) is 1. The summed E-state index contributed by atoms with van der Waals surface area (Å²) in [5.74, 6) is -0.108. The summed E-state index contributed by atoms with van der Waals surface area (Å²) < 4.78 is 4.81. The molecule has 0 unspecified atom stereocenters. The molecule has 102 valence electrons. The van der Waals surface area contributed by atoms with E-state index in [-0.39, 0.29) is 43.0 Å². The maximum absolute atomic E-state index is 11.6. The number of carbonyl (C=O) groups is 3. The summed E-state index contributed by atoms with van der Waals surface area (Å²) in [6.45, 7) is 3.52. The Kier molecular flexibility index (Phi) is 3.64. The first-order chi connectivity index (χ1) is 8.97. The summed E-state index contributed by atoms with van der Waals surface area (Å²) in [7, 11) is 0. The van der Waals surface area contributed by atoms with Crippen LogP contribution in [-0.2, 0) is 14.4 Å². The van der Waals surface area contributed by atoms with Crippen LogP contribution in [0.25, 0.3) is 0 Å². The van der Waals surface area contributed by atoms with Crippen molar-refractivity contribution in [2.75, 3.05) is 11.9 Å². The van der Waals surface area contributed by atoms with Gasteiger partial charge in [-0.3, -0.25) is 19.3 Å². The first-order valence-corrected chi connectivity index (χ1v) is 6.04. The Balaban J connectivity index is 1.84. The van der Waals surface area contributed by atoms with Crippen LogP contribution in [-0.4, -0.2) is 34.3 Å². The maximum Gasteiger partial charge on any atom is 0.232 e. The van der Waals surface area contributed by atoms with Crippen molar-refractivity contribution < 1.29 is 18.9 Å². The number of rotatable bonds is 4. The SMILES string of the molecule is Cc1cc(NC(=O)CCN2C(=O)C[C@@H](C)C2=O)no1. The molecule has 2 heterocycles. The van der Waals surface area contributed by atoms with E-state index in [4.69, 9.17) is 4.52 Å². The van der Waals surface area contributed by atoms with Crippen molar-refractivity contribution in [2.24, 2.45) is 5.92 Å². The van der Waals surface area contributed by atoms with Gasteiger partial charge in [-0.25, -0.2) is 0 Å². The van der Waals surface area contributed by atoms with Gasteiger partial charge in [0.2, 0.25) is 17.7 Å². The smallest absolute Gasteiger partial charge is 0.232 e. The summed E-state index contributed by atoms with van der Waals surface area (Å²) in [6.07, 6.45) is 0.277. The quantitative estimate of drug-likeness (QED) is 0.809. The second kappa shape index (κ2) is 5.21. The number of hydrogen-bond acceptors (Lipinski definition) is 5. The van der Waals surface area contributed by atoms with Crippen molar-refractivity contribution in [3.05, 3.63) is 11.8 Å². The molecule has 0 spiro atoms. The fourth-order valence-electron chi connectivity index (χ4n) is 1.93. The summed E-state index contributed by atoms with van der Waals surface area (Å²) in [5.41, 5.74) is 0. The van der Waals surface area contributed by atoms with Gasteiger partial charge in [-0.2, -0.15) is 0 Å². The molecule has 1 saturated heterocycles. The monoisotopic (exact) mass is 265 g/mol. The molecule has 2 rings (SSSR count). The largest absolute Gasteiger partial charge is 0.360 e. The highest BCUT2D eigenvalue weighted by Gasteiger charge is 2.35. The van der Waals surface area contributed by atoms with E-state index in [1.54, 1.807) is 19.9 Å². The second-order valence-corrected chi connectivity index (χ2v) is 4.61. The highest BCUT2D eigenvalue weighted by atomic mass is 16.5. The van der Waals surface area contributed by atoms with Gasteiger partial charge in [0.25, 0.3) is 0 Å². The third-order valence-electron chi connectivity index (χ3n) is 2.93. The number of amides is 3. The Labute approximate surface area is 109 Å². The molecule has 0 bridgehead atoms. The van der Waals surface area contributed by atoms with E-state index < -0.39 is 0 Å². The minimum absolute atomic E-state index is 0.0517. The van der Waals surface area contributed by atoms with Gasteiger partial charge < -0.3 is 9.84 Å². The fourth-order valence-corrected chi connectivity index (χ4v) is 1.93. The fraction of sp³-hybridized carbons (Fsp3) is 0.500. The molecule has 1 atom stereocenters. The predicted molar refractivity (Wildman–Crippen MR) is 65.0 cm³/mol. The highest BCUT2D eigenvalue weighted by Crippen LogP contribution is 2.18. The molecule has 3 amide bonds. The zero-order chi connectivity index (χ0) is 14.0. The molecule has 19 heavy (non-hydrogen) atoms. The second-order valence-electron chi connectivity index (χ2n) is 4.61. The van der Waals surface area contributed by atoms with Crippen LogP contribution in [0.3, 0.4) is 0 Å². The molecule has 0 radical (unpaired) electrons. The minimum atomic E-state index is -0.312. The predicted octanol–water partition coefficient (Wildman–Crippen LogP) is 0.707. The molecule has 1 aromatic rings. The van der Waals surface area contributed by atoms with E-state index in [1.165, 1.54) is 0 Å². The zero-order valence-electron chi connectivity index (χ0n) is 10.8. The Morgan fingerprint density at radius 1 is 1.58 bits per heavy atom.